The number of halogens is 1. The van der Waals surface area contributed by atoms with Gasteiger partial charge in [-0.15, -0.1) is 0 Å². The first kappa shape index (κ1) is 15.8. The molecule has 0 spiro atoms. The zero-order chi connectivity index (χ0) is 15.6. The van der Waals surface area contributed by atoms with Gasteiger partial charge in [-0.2, -0.15) is 0 Å². The van der Waals surface area contributed by atoms with Crippen molar-refractivity contribution in [3.8, 4) is 5.75 Å². The fourth-order valence-corrected chi connectivity index (χ4v) is 3.52. The lowest BCUT2D eigenvalue weighted by molar-refractivity contribution is -0.385. The van der Waals surface area contributed by atoms with Gasteiger partial charge in [0.2, 0.25) is 0 Å². The van der Waals surface area contributed by atoms with Crippen LogP contribution >= 0.6 is 15.9 Å². The number of nitro benzene ring substituents is 1. The first-order valence-electron chi connectivity index (χ1n) is 6.64. The van der Waals surface area contributed by atoms with Crippen molar-refractivity contribution in [3.05, 3.63) is 33.9 Å². The number of methoxy groups -OCH3 is 1. The van der Waals surface area contributed by atoms with Crippen LogP contribution in [-0.4, -0.2) is 41.3 Å². The fourth-order valence-electron chi connectivity index (χ4n) is 2.46. The average Bonchev–Trinajstić information content (AvgIpc) is 2.43. The summed E-state index contributed by atoms with van der Waals surface area (Å²) in [5.41, 5.74) is 0.112. The quantitative estimate of drug-likeness (QED) is 0.462. The van der Waals surface area contributed by atoms with E-state index >= 15 is 0 Å². The van der Waals surface area contributed by atoms with E-state index in [1.165, 1.54) is 19.2 Å². The summed E-state index contributed by atoms with van der Waals surface area (Å²) >= 11 is 3.52. The molecule has 2 rings (SSSR count). The van der Waals surface area contributed by atoms with Crippen LogP contribution in [0.4, 0.5) is 5.69 Å². The third-order valence-corrected chi connectivity index (χ3v) is 4.43. The Morgan fingerprint density at radius 1 is 1.52 bits per heavy atom. The number of hydrogen-bond donors (Lipinski definition) is 0. The zero-order valence-electron chi connectivity index (χ0n) is 11.9. The van der Waals surface area contributed by atoms with E-state index in [2.05, 4.69) is 15.9 Å². The molecule has 1 aliphatic carbocycles. The third-order valence-electron chi connectivity index (χ3n) is 3.68. The Morgan fingerprint density at radius 3 is 2.71 bits per heavy atom. The van der Waals surface area contributed by atoms with E-state index in [1.54, 1.807) is 18.0 Å². The molecule has 0 N–H and O–H groups in total. The topological polar surface area (TPSA) is 72.7 Å². The Balaban J connectivity index is 2.11. The number of alkyl halides is 1. The summed E-state index contributed by atoms with van der Waals surface area (Å²) in [6, 6.07) is 4.28. The highest BCUT2D eigenvalue weighted by molar-refractivity contribution is 9.09. The molecule has 0 unspecified atom stereocenters. The van der Waals surface area contributed by atoms with Crippen molar-refractivity contribution >= 4 is 27.5 Å². The smallest absolute Gasteiger partial charge is 0.311 e. The highest BCUT2D eigenvalue weighted by Crippen LogP contribution is 2.34. The maximum Gasteiger partial charge on any atom is 0.311 e. The molecule has 0 aromatic heterocycles. The van der Waals surface area contributed by atoms with E-state index in [1.807, 2.05) is 0 Å². The van der Waals surface area contributed by atoms with Crippen molar-refractivity contribution < 1.29 is 14.5 Å². The molecule has 0 aliphatic heterocycles. The van der Waals surface area contributed by atoms with E-state index in [0.717, 1.165) is 12.8 Å². The van der Waals surface area contributed by atoms with Crippen LogP contribution in [0.25, 0.3) is 0 Å². The second-order valence-corrected chi connectivity index (χ2v) is 6.56. The van der Waals surface area contributed by atoms with E-state index in [4.69, 9.17) is 4.74 Å². The largest absolute Gasteiger partial charge is 0.490 e. The summed E-state index contributed by atoms with van der Waals surface area (Å²) in [7, 11) is 3.09. The van der Waals surface area contributed by atoms with Gasteiger partial charge in [-0.05, 0) is 30.9 Å². The number of amides is 1. The second kappa shape index (κ2) is 6.43. The summed E-state index contributed by atoms with van der Waals surface area (Å²) in [5, 5.41) is 11.0. The van der Waals surface area contributed by atoms with Crippen molar-refractivity contribution in [2.75, 3.05) is 20.7 Å². The number of nitro groups is 1. The van der Waals surface area contributed by atoms with E-state index in [9.17, 15) is 14.9 Å². The number of benzene rings is 1. The summed E-state index contributed by atoms with van der Waals surface area (Å²) < 4.78 is 4.93. The van der Waals surface area contributed by atoms with Crippen molar-refractivity contribution in [2.24, 2.45) is 5.92 Å². The van der Waals surface area contributed by atoms with Crippen LogP contribution in [0, 0.1) is 16.0 Å². The fraction of sp³-hybridized carbons (Fsp3) is 0.500. The lowest BCUT2D eigenvalue weighted by Crippen LogP contribution is -2.37. The number of rotatable bonds is 5. The molecule has 1 fully saturated rings. The van der Waals surface area contributed by atoms with Crippen molar-refractivity contribution in [1.82, 2.24) is 4.90 Å². The van der Waals surface area contributed by atoms with Gasteiger partial charge >= 0.3 is 5.69 Å². The minimum absolute atomic E-state index is 0.153. The Morgan fingerprint density at radius 2 is 2.19 bits per heavy atom. The first-order chi connectivity index (χ1) is 9.92. The standard InChI is InChI=1S/C14H17BrN2O4/c1-16(8-9-5-11(15)6-9)14(18)10-3-4-13(21-2)12(7-10)17(19)20/h3-4,7,9,11H,5-6,8H2,1-2H3. The predicted octanol–water partition coefficient (Wildman–Crippen LogP) is 2.85. The minimum atomic E-state index is -0.545. The van der Waals surface area contributed by atoms with E-state index in [-0.39, 0.29) is 17.3 Å². The van der Waals surface area contributed by atoms with Gasteiger partial charge in [0, 0.05) is 30.0 Å². The average molecular weight is 357 g/mol. The molecule has 1 aromatic rings. The summed E-state index contributed by atoms with van der Waals surface area (Å²) in [6.07, 6.45) is 2.11. The Hall–Kier alpha value is -1.63. The number of carbonyl (C=O) groups is 1. The molecule has 7 heteroatoms. The van der Waals surface area contributed by atoms with Crippen LogP contribution in [0.2, 0.25) is 0 Å². The molecule has 0 saturated heterocycles. The normalized spacial score (nSPS) is 20.5. The maximum absolute atomic E-state index is 12.3. The van der Waals surface area contributed by atoms with Gasteiger partial charge in [0.05, 0.1) is 12.0 Å². The molecule has 0 radical (unpaired) electrons. The molecule has 1 aliphatic rings. The monoisotopic (exact) mass is 356 g/mol. The second-order valence-electron chi connectivity index (χ2n) is 5.26. The molecule has 21 heavy (non-hydrogen) atoms. The maximum atomic E-state index is 12.3. The van der Waals surface area contributed by atoms with Gasteiger partial charge in [-0.1, -0.05) is 15.9 Å². The predicted molar refractivity (Wildman–Crippen MR) is 82.0 cm³/mol. The number of nitrogens with zero attached hydrogens (tertiary/aromatic N) is 2. The number of hydrogen-bond acceptors (Lipinski definition) is 4. The molecule has 114 valence electrons. The molecule has 1 aromatic carbocycles. The molecule has 0 atom stereocenters. The molecule has 0 bridgehead atoms. The van der Waals surface area contributed by atoms with Crippen LogP contribution in [0.3, 0.4) is 0 Å². The van der Waals surface area contributed by atoms with Gasteiger partial charge in [0.1, 0.15) is 0 Å². The Bertz CT molecular complexity index is 558. The van der Waals surface area contributed by atoms with Crippen LogP contribution < -0.4 is 4.74 Å². The first-order valence-corrected chi connectivity index (χ1v) is 7.56. The van der Waals surface area contributed by atoms with Gasteiger partial charge in [-0.25, -0.2) is 0 Å². The zero-order valence-corrected chi connectivity index (χ0v) is 13.5. The molecule has 0 heterocycles. The number of carbonyl (C=O) groups excluding carboxylic acids is 1. The van der Waals surface area contributed by atoms with Gasteiger partial charge in [0.15, 0.2) is 5.75 Å². The van der Waals surface area contributed by atoms with Crippen LogP contribution in [0.5, 0.6) is 5.75 Å². The Kier molecular flexibility index (Phi) is 4.82. The highest BCUT2D eigenvalue weighted by Gasteiger charge is 2.29. The van der Waals surface area contributed by atoms with Crippen molar-refractivity contribution in [3.63, 3.8) is 0 Å². The van der Waals surface area contributed by atoms with Crippen molar-refractivity contribution in [1.29, 1.82) is 0 Å². The van der Waals surface area contributed by atoms with Crippen LogP contribution in [0.15, 0.2) is 18.2 Å². The lowest BCUT2D eigenvalue weighted by atomic mass is 9.85. The van der Waals surface area contributed by atoms with Gasteiger partial charge < -0.3 is 9.64 Å². The number of ether oxygens (including phenoxy) is 1. The summed E-state index contributed by atoms with van der Waals surface area (Å²) in [4.78, 5) is 24.9. The molecule has 1 saturated carbocycles. The minimum Gasteiger partial charge on any atom is -0.490 e. The third kappa shape index (κ3) is 3.53. The van der Waals surface area contributed by atoms with Crippen LogP contribution in [-0.2, 0) is 0 Å². The Labute approximate surface area is 131 Å². The molecule has 6 nitrogen and oxygen atoms in total. The SMILES string of the molecule is COc1ccc(C(=O)N(C)CC2CC(Br)C2)cc1[N+](=O)[O-]. The highest BCUT2D eigenvalue weighted by atomic mass is 79.9. The van der Waals surface area contributed by atoms with Crippen LogP contribution in [0.1, 0.15) is 23.2 Å². The van der Waals surface area contributed by atoms with E-state index in [0.29, 0.717) is 22.9 Å². The lowest BCUT2D eigenvalue weighted by Gasteiger charge is -2.34. The summed E-state index contributed by atoms with van der Waals surface area (Å²) in [6.45, 7) is 0.667. The van der Waals surface area contributed by atoms with Gasteiger partial charge in [0.25, 0.3) is 5.91 Å². The molecule has 1 amide bonds. The molecular formula is C14H17BrN2O4. The van der Waals surface area contributed by atoms with Crippen molar-refractivity contribution in [2.45, 2.75) is 17.7 Å². The molecular weight excluding hydrogens is 340 g/mol. The summed E-state index contributed by atoms with van der Waals surface area (Å²) in [5.74, 6) is 0.440. The van der Waals surface area contributed by atoms with Gasteiger partial charge in [-0.3, -0.25) is 14.9 Å². The van der Waals surface area contributed by atoms with E-state index < -0.39 is 4.92 Å².